The Morgan fingerprint density at radius 3 is 0.723 bits per heavy atom. The molecule has 0 aromatic carbocycles. The van der Waals surface area contributed by atoms with Crippen molar-refractivity contribution in [3.05, 3.63) is 207 Å². The molecule has 0 saturated carbocycles. The second kappa shape index (κ2) is 82.6. The van der Waals surface area contributed by atoms with Gasteiger partial charge in [0.1, 0.15) is 19.3 Å². The number of phosphoric acid groups is 2. The number of aliphatic hydroxyl groups is 1. The fraction of sp³-hybridized carbons (Fsp3) is 0.591. The fourth-order valence-corrected chi connectivity index (χ4v) is 12.1. The number of rotatable bonds is 77. The van der Waals surface area contributed by atoms with Gasteiger partial charge in [0, 0.05) is 25.7 Å². The van der Waals surface area contributed by atoms with E-state index in [1.807, 2.05) is 18.2 Å². The van der Waals surface area contributed by atoms with Crippen LogP contribution in [0.2, 0.25) is 0 Å². The average Bonchev–Trinajstić information content (AvgIpc) is 0.895. The highest BCUT2D eigenvalue weighted by atomic mass is 31.2. The minimum Gasteiger partial charge on any atom is -0.462 e. The standard InChI is InChI=1S/C93H148O17P2/c1-5-9-13-17-21-25-29-33-37-41-43-47-49-53-57-61-65-69-73-77-90(95)103-83-88(109-92(97)79-75-71-67-63-59-55-51-45-39-35-31-27-23-19-15-11-7-3)85-107-111(99,100)105-81-87(94)82-106-112(101,102)108-86-89(110-93(98)80-76-72-68-64-60-56-52-46-40-36-32-28-24-20-16-12-8-4)84-104-91(96)78-74-70-66-62-58-54-50-48-44-42-38-34-30-26-22-18-14-10-6-2/h9-16,21-28,33-40,43-44,47-48,51,53,55,57,65,69,87-89,94H,5-8,17-20,29-32,41-42,45-46,49-50,52,54,56,58-64,66-68,70-86H2,1-4H3,(H,99,100)(H,101,102)/b13-9-,14-10-,15-11-,16-12-,25-21-,26-22-,27-23-,28-24-,37-33-,38-34-,39-35-,40-36-,47-43-,48-44-,55-51-,57-53-,69-65-. The van der Waals surface area contributed by atoms with Gasteiger partial charge in [0.2, 0.25) is 0 Å². The van der Waals surface area contributed by atoms with Crippen molar-refractivity contribution in [2.75, 3.05) is 39.6 Å². The van der Waals surface area contributed by atoms with Crippen LogP contribution in [0.15, 0.2) is 207 Å². The Kier molecular flexibility index (Phi) is 77.9. The summed E-state index contributed by atoms with van der Waals surface area (Å²) in [7, 11) is -10.0. The van der Waals surface area contributed by atoms with E-state index in [1.54, 1.807) is 0 Å². The third-order valence-corrected chi connectivity index (χ3v) is 18.6. The smallest absolute Gasteiger partial charge is 0.462 e. The lowest BCUT2D eigenvalue weighted by atomic mass is 10.1. The van der Waals surface area contributed by atoms with Crippen LogP contribution in [-0.4, -0.2) is 96.7 Å². The summed E-state index contributed by atoms with van der Waals surface area (Å²) in [5.74, 6) is -2.34. The number of ether oxygens (including phenoxy) is 4. The Balaban J connectivity index is 5.51. The maximum Gasteiger partial charge on any atom is 0.472 e. The van der Waals surface area contributed by atoms with Gasteiger partial charge in [0.05, 0.1) is 26.4 Å². The van der Waals surface area contributed by atoms with Gasteiger partial charge in [-0.05, 0) is 173 Å². The van der Waals surface area contributed by atoms with Crippen LogP contribution in [0.3, 0.4) is 0 Å². The highest BCUT2D eigenvalue weighted by Gasteiger charge is 2.30. The predicted molar refractivity (Wildman–Crippen MR) is 463 cm³/mol. The van der Waals surface area contributed by atoms with E-state index in [0.717, 1.165) is 212 Å². The number of phosphoric ester groups is 2. The van der Waals surface area contributed by atoms with Crippen LogP contribution in [0.1, 0.15) is 297 Å². The predicted octanol–water partition coefficient (Wildman–Crippen LogP) is 25.4. The molecule has 0 spiro atoms. The van der Waals surface area contributed by atoms with Crippen LogP contribution < -0.4 is 0 Å². The first-order valence-electron chi connectivity index (χ1n) is 42.3. The molecule has 112 heavy (non-hydrogen) atoms. The minimum absolute atomic E-state index is 0.0221. The van der Waals surface area contributed by atoms with Crippen molar-refractivity contribution in [2.45, 2.75) is 316 Å². The normalized spacial score (nSPS) is 14.8. The molecule has 0 aliphatic carbocycles. The van der Waals surface area contributed by atoms with Crippen molar-refractivity contribution in [2.24, 2.45) is 0 Å². The van der Waals surface area contributed by atoms with Crippen LogP contribution in [0.4, 0.5) is 0 Å². The van der Waals surface area contributed by atoms with Gasteiger partial charge in [0.15, 0.2) is 12.2 Å². The quantitative estimate of drug-likeness (QED) is 0.0169. The molecule has 632 valence electrons. The lowest BCUT2D eigenvalue weighted by molar-refractivity contribution is -0.161. The molecular formula is C93H148O17P2. The monoisotopic (exact) mass is 1600 g/mol. The molecule has 0 aromatic rings. The largest absolute Gasteiger partial charge is 0.472 e. The highest BCUT2D eigenvalue weighted by Crippen LogP contribution is 2.45. The number of esters is 4. The summed E-state index contributed by atoms with van der Waals surface area (Å²) in [6.45, 7) is 4.28. The maximum atomic E-state index is 13.2. The minimum atomic E-state index is -5.02. The van der Waals surface area contributed by atoms with Crippen LogP contribution >= 0.6 is 15.6 Å². The first kappa shape index (κ1) is 106. The molecular weight excluding hydrogens is 1450 g/mol. The summed E-state index contributed by atoms with van der Waals surface area (Å²) in [6, 6.07) is 0. The summed E-state index contributed by atoms with van der Waals surface area (Å²) in [5, 5.41) is 10.7. The molecule has 17 nitrogen and oxygen atoms in total. The Morgan fingerprint density at radius 1 is 0.250 bits per heavy atom. The van der Waals surface area contributed by atoms with Crippen LogP contribution in [0.25, 0.3) is 0 Å². The zero-order valence-corrected chi connectivity index (χ0v) is 71.0. The molecule has 3 N–H and O–H groups in total. The van der Waals surface area contributed by atoms with Gasteiger partial charge in [-0.3, -0.25) is 37.3 Å². The molecule has 0 heterocycles. The van der Waals surface area contributed by atoms with Crippen molar-refractivity contribution in [1.29, 1.82) is 0 Å². The highest BCUT2D eigenvalue weighted by molar-refractivity contribution is 7.47. The molecule has 0 aliphatic heterocycles. The molecule has 0 aromatic heterocycles. The van der Waals surface area contributed by atoms with Crippen molar-refractivity contribution in [3.63, 3.8) is 0 Å². The topological polar surface area (TPSA) is 237 Å². The van der Waals surface area contributed by atoms with Gasteiger partial charge in [-0.15, -0.1) is 0 Å². The summed E-state index contributed by atoms with van der Waals surface area (Å²) in [6.07, 6.45) is 104. The maximum absolute atomic E-state index is 13.2. The number of hydrogen-bond donors (Lipinski definition) is 3. The van der Waals surface area contributed by atoms with Gasteiger partial charge in [0.25, 0.3) is 0 Å². The zero-order valence-electron chi connectivity index (χ0n) is 69.3. The number of hydrogen-bond acceptors (Lipinski definition) is 15. The van der Waals surface area contributed by atoms with Crippen molar-refractivity contribution < 1.29 is 80.2 Å². The number of unbranched alkanes of at least 4 members (excludes halogenated alkanes) is 17. The number of allylic oxidation sites excluding steroid dienone is 34. The number of aliphatic hydroxyl groups excluding tert-OH is 1. The van der Waals surface area contributed by atoms with Gasteiger partial charge in [-0.25, -0.2) is 9.13 Å². The van der Waals surface area contributed by atoms with E-state index in [4.69, 9.17) is 37.0 Å². The Bertz CT molecular complexity index is 2940. The molecule has 0 aliphatic rings. The molecule has 0 amide bonds. The van der Waals surface area contributed by atoms with E-state index < -0.39 is 97.5 Å². The van der Waals surface area contributed by atoms with Crippen LogP contribution in [0.5, 0.6) is 0 Å². The molecule has 5 atom stereocenters. The molecule has 0 bridgehead atoms. The van der Waals surface area contributed by atoms with Gasteiger partial charge >= 0.3 is 39.5 Å². The fourth-order valence-electron chi connectivity index (χ4n) is 10.5. The average molecular weight is 1600 g/mol. The Morgan fingerprint density at radius 2 is 0.455 bits per heavy atom. The SMILES string of the molecule is CC/C=C\C/C=C\C/C=C\C/C=C\C/C=C\C/C=C\CCC(=O)OCC(COP(=O)(O)OCC(O)COP(=O)(O)OCC(COC(=O)CCCCCCCC/C=C\C/C=C\C/C=C\C/C=C\CC)OC(=O)CCCCCCCCC/C=C\C/C=C\C/C=C\CC)OC(=O)CCCCCC/C=C\C/C=C\C/C=C\C/C=C\CC. The van der Waals surface area contributed by atoms with Crippen molar-refractivity contribution >= 4 is 39.5 Å². The van der Waals surface area contributed by atoms with E-state index in [2.05, 4.69) is 216 Å². The Hall–Kier alpha value is -6.36. The van der Waals surface area contributed by atoms with Gasteiger partial charge in [-0.2, -0.15) is 0 Å². The van der Waals surface area contributed by atoms with E-state index in [-0.39, 0.29) is 25.7 Å². The number of carbonyl (C=O) groups excluding carboxylic acids is 4. The first-order chi connectivity index (χ1) is 54.7. The molecule has 0 fully saturated rings. The molecule has 5 unspecified atom stereocenters. The van der Waals surface area contributed by atoms with E-state index in [9.17, 15) is 43.2 Å². The van der Waals surface area contributed by atoms with Crippen LogP contribution in [-0.2, 0) is 65.4 Å². The molecule has 0 rings (SSSR count). The zero-order chi connectivity index (χ0) is 81.7. The third-order valence-electron chi connectivity index (χ3n) is 16.7. The van der Waals surface area contributed by atoms with E-state index >= 15 is 0 Å². The summed E-state index contributed by atoms with van der Waals surface area (Å²) in [4.78, 5) is 73.3. The van der Waals surface area contributed by atoms with Crippen LogP contribution in [0, 0.1) is 0 Å². The van der Waals surface area contributed by atoms with Gasteiger partial charge in [-0.1, -0.05) is 305 Å². The lowest BCUT2D eigenvalue weighted by Crippen LogP contribution is -2.30. The molecule has 0 radical (unpaired) electrons. The van der Waals surface area contributed by atoms with Crippen molar-refractivity contribution in [3.8, 4) is 0 Å². The molecule has 19 heteroatoms. The van der Waals surface area contributed by atoms with E-state index in [0.29, 0.717) is 32.1 Å². The third kappa shape index (κ3) is 81.6. The Labute approximate surface area is 678 Å². The second-order valence-corrected chi connectivity index (χ2v) is 30.1. The second-order valence-electron chi connectivity index (χ2n) is 27.2. The van der Waals surface area contributed by atoms with Crippen molar-refractivity contribution in [1.82, 2.24) is 0 Å². The lowest BCUT2D eigenvalue weighted by Gasteiger charge is -2.21. The summed E-state index contributed by atoms with van der Waals surface area (Å²) < 4.78 is 68.7. The van der Waals surface area contributed by atoms with Gasteiger partial charge < -0.3 is 33.8 Å². The number of carbonyl (C=O) groups is 4. The molecule has 0 saturated heterocycles. The van der Waals surface area contributed by atoms with E-state index in [1.165, 1.54) is 0 Å². The summed E-state index contributed by atoms with van der Waals surface area (Å²) >= 11 is 0. The first-order valence-corrected chi connectivity index (χ1v) is 45.3. The summed E-state index contributed by atoms with van der Waals surface area (Å²) in [5.41, 5.74) is 0.